The van der Waals surface area contributed by atoms with Crippen LogP contribution in [-0.2, 0) is 4.74 Å². The summed E-state index contributed by atoms with van der Waals surface area (Å²) in [5, 5.41) is 8.60. The minimum Gasteiger partial charge on any atom is -0.444 e. The molecule has 37 heavy (non-hydrogen) atoms. The number of hydrogen-bond acceptors (Lipinski definition) is 5. The minimum atomic E-state index is -0.584. The Morgan fingerprint density at radius 3 is 2.54 bits per heavy atom. The van der Waals surface area contributed by atoms with Crippen LogP contribution >= 0.6 is 0 Å². The highest BCUT2D eigenvalue weighted by atomic mass is 19.1. The van der Waals surface area contributed by atoms with Crippen molar-refractivity contribution in [1.82, 2.24) is 24.4 Å². The maximum atomic E-state index is 14.4. The second-order valence-electron chi connectivity index (χ2n) is 10.5. The quantitative estimate of drug-likeness (QED) is 0.465. The summed E-state index contributed by atoms with van der Waals surface area (Å²) < 4.78 is 21.8. The van der Waals surface area contributed by atoms with Crippen LogP contribution in [0, 0.1) is 12.7 Å². The molecular formula is C28H34FN5O3. The van der Waals surface area contributed by atoms with Gasteiger partial charge < -0.3 is 14.5 Å². The number of aromatic nitrogens is 3. The summed E-state index contributed by atoms with van der Waals surface area (Å²) in [6.45, 7) is 14.4. The second kappa shape index (κ2) is 9.95. The zero-order chi connectivity index (χ0) is 27.1. The molecule has 2 aromatic heterocycles. The molecule has 0 radical (unpaired) electrons. The Balaban J connectivity index is 1.80. The Kier molecular flexibility index (Phi) is 7.08. The number of carbonyl (C=O) groups is 2. The summed E-state index contributed by atoms with van der Waals surface area (Å²) >= 11 is 0. The van der Waals surface area contributed by atoms with E-state index >= 15 is 0 Å². The lowest BCUT2D eigenvalue weighted by molar-refractivity contribution is 0.0306. The Morgan fingerprint density at radius 1 is 1.16 bits per heavy atom. The highest BCUT2D eigenvalue weighted by molar-refractivity contribution is 6.03. The number of aryl methyl sites for hydroxylation is 1. The molecule has 0 fully saturated rings. The number of halogens is 1. The van der Waals surface area contributed by atoms with Crippen molar-refractivity contribution >= 4 is 23.2 Å². The molecule has 0 saturated carbocycles. The number of pyridine rings is 1. The Bertz CT molecular complexity index is 1390. The largest absolute Gasteiger partial charge is 0.444 e. The van der Waals surface area contributed by atoms with Gasteiger partial charge in [0.15, 0.2) is 5.65 Å². The molecule has 1 aliphatic heterocycles. The van der Waals surface area contributed by atoms with Gasteiger partial charge in [-0.1, -0.05) is 12.1 Å². The van der Waals surface area contributed by atoms with Gasteiger partial charge in [0.2, 0.25) is 0 Å². The molecule has 3 heterocycles. The van der Waals surface area contributed by atoms with Crippen LogP contribution < -0.4 is 0 Å². The normalized spacial score (nSPS) is 13.9. The van der Waals surface area contributed by atoms with Crippen LogP contribution in [0.4, 0.5) is 9.18 Å². The average molecular weight is 508 g/mol. The Morgan fingerprint density at radius 2 is 1.89 bits per heavy atom. The van der Waals surface area contributed by atoms with Gasteiger partial charge in [0.25, 0.3) is 5.91 Å². The number of rotatable bonds is 5. The molecule has 0 unspecified atom stereocenters. The van der Waals surface area contributed by atoms with E-state index in [4.69, 9.17) is 4.74 Å². The molecule has 196 valence electrons. The molecule has 3 aromatic rings. The number of carbonyl (C=O) groups excluding carboxylic acids is 2. The van der Waals surface area contributed by atoms with E-state index in [-0.39, 0.29) is 23.6 Å². The summed E-state index contributed by atoms with van der Waals surface area (Å²) in [6, 6.07) is 6.15. The van der Waals surface area contributed by atoms with E-state index in [0.717, 1.165) is 11.1 Å². The van der Waals surface area contributed by atoms with Crippen molar-refractivity contribution in [3.63, 3.8) is 0 Å². The van der Waals surface area contributed by atoms with E-state index in [1.165, 1.54) is 12.1 Å². The van der Waals surface area contributed by atoms with Crippen LogP contribution in [0.2, 0.25) is 0 Å². The number of hydrogen-bond donors (Lipinski definition) is 0. The molecular weight excluding hydrogens is 473 g/mol. The average Bonchev–Trinajstić information content (AvgIpc) is 3.45. The third kappa shape index (κ3) is 5.35. The number of benzene rings is 1. The monoisotopic (exact) mass is 507 g/mol. The molecule has 0 atom stereocenters. The summed E-state index contributed by atoms with van der Waals surface area (Å²) in [4.78, 5) is 29.5. The summed E-state index contributed by atoms with van der Waals surface area (Å²) in [7, 11) is 0. The van der Waals surface area contributed by atoms with Crippen molar-refractivity contribution in [2.75, 3.05) is 19.6 Å². The predicted molar refractivity (Wildman–Crippen MR) is 141 cm³/mol. The lowest BCUT2D eigenvalue weighted by atomic mass is 9.96. The van der Waals surface area contributed by atoms with Gasteiger partial charge in [-0.3, -0.25) is 9.20 Å². The molecule has 0 saturated heterocycles. The van der Waals surface area contributed by atoms with E-state index in [1.807, 2.05) is 71.2 Å². The fraction of sp³-hybridized carbons (Fsp3) is 0.429. The molecule has 8 nitrogen and oxygen atoms in total. The summed E-state index contributed by atoms with van der Waals surface area (Å²) in [5.41, 5.74) is 3.29. The highest BCUT2D eigenvalue weighted by Crippen LogP contribution is 2.33. The lowest BCUT2D eigenvalue weighted by Crippen LogP contribution is -2.37. The third-order valence-corrected chi connectivity index (χ3v) is 6.34. The first-order valence-electron chi connectivity index (χ1n) is 12.5. The SMILES string of the molecule is CCN(C(=O)c1cc(F)ccc1-c1cc(C2=CCN(C(=O)OC(C)(C)C)C2)cn2c(C)nnc12)C(C)C. The molecule has 0 spiro atoms. The van der Waals surface area contributed by atoms with Gasteiger partial charge >= 0.3 is 6.09 Å². The van der Waals surface area contributed by atoms with Crippen LogP contribution in [0.5, 0.6) is 0 Å². The Hall–Kier alpha value is -3.75. The number of nitrogens with zero attached hydrogens (tertiary/aromatic N) is 5. The first kappa shape index (κ1) is 26.3. The van der Waals surface area contributed by atoms with Crippen LogP contribution in [0.25, 0.3) is 22.3 Å². The van der Waals surface area contributed by atoms with Gasteiger partial charge in [-0.05, 0) is 83.4 Å². The van der Waals surface area contributed by atoms with Crippen molar-refractivity contribution in [2.24, 2.45) is 0 Å². The van der Waals surface area contributed by atoms with Crippen LogP contribution in [0.1, 0.15) is 63.3 Å². The molecule has 1 aliphatic rings. The maximum Gasteiger partial charge on any atom is 0.410 e. The standard InChI is InChI=1S/C28H34FN5O3/c1-8-33(17(2)3)26(35)24-14-21(29)9-10-22(24)23-13-20(16-34-18(4)30-31-25(23)34)19-11-12-32(15-19)27(36)37-28(5,6)7/h9-11,13-14,16-17H,8,12,15H2,1-7H3. The molecule has 4 rings (SSSR count). The van der Waals surface area contributed by atoms with Crippen LogP contribution in [-0.4, -0.2) is 67.7 Å². The van der Waals surface area contributed by atoms with E-state index in [2.05, 4.69) is 10.2 Å². The summed E-state index contributed by atoms with van der Waals surface area (Å²) in [5.74, 6) is -0.0562. The predicted octanol–water partition coefficient (Wildman–Crippen LogP) is 5.35. The number of amides is 2. The van der Waals surface area contributed by atoms with Gasteiger partial charge in [-0.15, -0.1) is 10.2 Å². The van der Waals surface area contributed by atoms with Crippen molar-refractivity contribution in [3.05, 3.63) is 59.3 Å². The van der Waals surface area contributed by atoms with Crippen molar-refractivity contribution in [3.8, 4) is 11.1 Å². The fourth-order valence-corrected chi connectivity index (χ4v) is 4.53. The third-order valence-electron chi connectivity index (χ3n) is 6.34. The highest BCUT2D eigenvalue weighted by Gasteiger charge is 2.28. The van der Waals surface area contributed by atoms with Gasteiger partial charge in [-0.2, -0.15) is 0 Å². The molecule has 0 N–H and O–H groups in total. The second-order valence-corrected chi connectivity index (χ2v) is 10.5. The smallest absolute Gasteiger partial charge is 0.410 e. The number of ether oxygens (including phenoxy) is 1. The molecule has 2 amide bonds. The van der Waals surface area contributed by atoms with Gasteiger partial charge in [0, 0.05) is 37.4 Å². The molecule has 0 aliphatic carbocycles. The first-order valence-corrected chi connectivity index (χ1v) is 12.5. The van der Waals surface area contributed by atoms with Crippen molar-refractivity contribution in [1.29, 1.82) is 0 Å². The molecule has 1 aromatic carbocycles. The van der Waals surface area contributed by atoms with Crippen LogP contribution in [0.15, 0.2) is 36.5 Å². The maximum absolute atomic E-state index is 14.4. The lowest BCUT2D eigenvalue weighted by Gasteiger charge is -2.26. The molecule has 9 heteroatoms. The van der Waals surface area contributed by atoms with Gasteiger partial charge in [-0.25, -0.2) is 9.18 Å². The zero-order valence-corrected chi connectivity index (χ0v) is 22.5. The number of fused-ring (bicyclic) bond motifs is 1. The van der Waals surface area contributed by atoms with Gasteiger partial charge in [0.1, 0.15) is 17.2 Å². The molecule has 0 bridgehead atoms. The van der Waals surface area contributed by atoms with E-state index in [1.54, 1.807) is 15.9 Å². The van der Waals surface area contributed by atoms with E-state index in [0.29, 0.717) is 42.2 Å². The van der Waals surface area contributed by atoms with E-state index in [9.17, 15) is 14.0 Å². The topological polar surface area (TPSA) is 80.0 Å². The summed E-state index contributed by atoms with van der Waals surface area (Å²) in [6.07, 6.45) is 3.54. The van der Waals surface area contributed by atoms with E-state index < -0.39 is 11.4 Å². The van der Waals surface area contributed by atoms with Gasteiger partial charge in [0.05, 0.1) is 5.56 Å². The first-order chi connectivity index (χ1) is 17.4. The van der Waals surface area contributed by atoms with Crippen LogP contribution in [0.3, 0.4) is 0 Å². The fourth-order valence-electron chi connectivity index (χ4n) is 4.53. The van der Waals surface area contributed by atoms with Crippen molar-refractivity contribution in [2.45, 2.75) is 60.1 Å². The van der Waals surface area contributed by atoms with Crippen molar-refractivity contribution < 1.29 is 18.7 Å². The zero-order valence-electron chi connectivity index (χ0n) is 22.5. The minimum absolute atomic E-state index is 0.0437. The Labute approximate surface area is 216 Å².